The molecule has 104 heavy (non-hydrogen) atoms. The number of unbranched alkanes of at least 4 members (excludes halogenated alkanes) is 1. The number of ether oxygens (including phenoxy) is 3. The van der Waals surface area contributed by atoms with E-state index in [0.717, 1.165) is 29.1 Å². The first-order valence-electron chi connectivity index (χ1n) is 36.5. The van der Waals surface area contributed by atoms with Gasteiger partial charge in [0.15, 0.2) is 0 Å². The lowest BCUT2D eigenvalue weighted by Gasteiger charge is -2.63. The van der Waals surface area contributed by atoms with Gasteiger partial charge in [0, 0.05) is 104 Å². The Morgan fingerprint density at radius 3 is 1.49 bits per heavy atom. The molecule has 1 heterocycles. The zero-order valence-electron chi connectivity index (χ0n) is 60.3. The van der Waals surface area contributed by atoms with E-state index < -0.39 is 134 Å². The summed E-state index contributed by atoms with van der Waals surface area (Å²) in [7, 11) is 0. The molecule has 9 unspecified atom stereocenters. The van der Waals surface area contributed by atoms with Crippen LogP contribution in [-0.4, -0.2) is 363 Å². The third kappa shape index (κ3) is 27.3. The quantitative estimate of drug-likeness (QED) is 0.0248. The van der Waals surface area contributed by atoms with Crippen molar-refractivity contribution >= 4 is 65.7 Å². The van der Waals surface area contributed by atoms with Gasteiger partial charge < -0.3 is 81.0 Å². The molecular formula is C68H115N11O25. The fourth-order valence-electron chi connectivity index (χ4n) is 17.6. The van der Waals surface area contributed by atoms with Crippen molar-refractivity contribution in [1.29, 1.82) is 0 Å². The molecule has 6 aliphatic rings. The first-order valence-corrected chi connectivity index (χ1v) is 36.5. The first-order chi connectivity index (χ1) is 49.2. The number of fused-ring (bicyclic) bond motifs is 5. The highest BCUT2D eigenvalue weighted by Gasteiger charge is 2.66. The number of carbonyl (C=O) groups is 11. The topological polar surface area (TPSA) is 509 Å². The van der Waals surface area contributed by atoms with Crippen molar-refractivity contribution < 1.29 is 123 Å². The maximum atomic E-state index is 13.9. The number of nitrogens with one attached hydrogen (secondary N) is 4. The van der Waals surface area contributed by atoms with Crippen molar-refractivity contribution in [3.63, 3.8) is 0 Å². The Bertz CT molecular complexity index is 2750. The minimum Gasteiger partial charge on any atom is -0.481 e. The third-order valence-electron chi connectivity index (χ3n) is 22.8. The molecule has 5 saturated carbocycles. The number of carboxylic acid groups (broad SMARTS) is 9. The van der Waals surface area contributed by atoms with Crippen LogP contribution in [-0.2, 0) is 62.2 Å². The third-order valence-corrected chi connectivity index (χ3v) is 22.8. The molecular weight excluding hydrogens is 1370 g/mol. The van der Waals surface area contributed by atoms with Crippen LogP contribution in [0.4, 0.5) is 4.79 Å². The monoisotopic (exact) mass is 1490 g/mol. The smallest absolute Gasteiger partial charge is 0.407 e. The number of carboxylic acids is 9. The predicted molar refractivity (Wildman–Crippen MR) is 368 cm³/mol. The summed E-state index contributed by atoms with van der Waals surface area (Å²) in [4.78, 5) is 144. The van der Waals surface area contributed by atoms with Crippen LogP contribution in [0.25, 0.3) is 0 Å². The number of alkyl carbamates (subject to hydrolysis) is 1. The lowest BCUT2D eigenvalue weighted by Crippen LogP contribution is -2.62. The molecule has 5 aliphatic carbocycles. The molecule has 36 heteroatoms. The molecule has 15 N–H and O–H groups in total. The molecule has 0 aromatic rings. The molecule has 15 atom stereocenters. The van der Waals surface area contributed by atoms with Gasteiger partial charge in [-0.2, -0.15) is 0 Å². The average Bonchev–Trinajstić information content (AvgIpc) is 1.38. The van der Waals surface area contributed by atoms with E-state index in [1.54, 1.807) is 19.6 Å². The van der Waals surface area contributed by atoms with Crippen LogP contribution < -0.4 is 21.3 Å². The van der Waals surface area contributed by atoms with Crippen molar-refractivity contribution in [3.05, 3.63) is 0 Å². The summed E-state index contributed by atoms with van der Waals surface area (Å²) in [5.41, 5.74) is -0.671. The molecule has 1 aliphatic heterocycles. The van der Waals surface area contributed by atoms with Gasteiger partial charge in [0.1, 0.15) is 12.1 Å². The molecule has 2 amide bonds. The van der Waals surface area contributed by atoms with Crippen LogP contribution in [0.2, 0.25) is 0 Å². The van der Waals surface area contributed by atoms with E-state index in [2.05, 4.69) is 42.0 Å². The van der Waals surface area contributed by atoms with Crippen LogP contribution in [0.15, 0.2) is 0 Å². The summed E-state index contributed by atoms with van der Waals surface area (Å²) in [5, 5.41) is 123. The largest absolute Gasteiger partial charge is 0.481 e. The van der Waals surface area contributed by atoms with Crippen molar-refractivity contribution in [2.45, 2.75) is 153 Å². The van der Waals surface area contributed by atoms with Gasteiger partial charge in [-0.1, -0.05) is 27.2 Å². The van der Waals surface area contributed by atoms with E-state index in [9.17, 15) is 109 Å². The molecule has 36 nitrogen and oxygen atoms in total. The fourth-order valence-corrected chi connectivity index (χ4v) is 17.6. The summed E-state index contributed by atoms with van der Waals surface area (Å²) in [6.45, 7) is 4.74. The second-order valence-corrected chi connectivity index (χ2v) is 29.8. The lowest BCUT2D eigenvalue weighted by molar-refractivity contribution is -0.207. The zero-order chi connectivity index (χ0) is 76.4. The number of carbonyl (C=O) groups excluding carboxylic acids is 2. The van der Waals surface area contributed by atoms with Crippen LogP contribution in [0, 0.1) is 46.3 Å². The number of rotatable bonds is 44. The summed E-state index contributed by atoms with van der Waals surface area (Å²) < 4.78 is 18.9. The van der Waals surface area contributed by atoms with Crippen LogP contribution >= 0.6 is 0 Å². The Hall–Kier alpha value is -6.55. The second-order valence-electron chi connectivity index (χ2n) is 29.8. The molecule has 592 valence electrons. The van der Waals surface area contributed by atoms with Crippen LogP contribution in [0.3, 0.4) is 0 Å². The Labute approximate surface area is 606 Å². The number of nitrogens with zero attached hydrogens (tertiary/aromatic N) is 7. The summed E-state index contributed by atoms with van der Waals surface area (Å²) in [5.74, 6) is -10.6. The van der Waals surface area contributed by atoms with Crippen molar-refractivity contribution in [2.24, 2.45) is 46.3 Å². The minimum absolute atomic E-state index is 0.00133. The molecule has 1 saturated heterocycles. The van der Waals surface area contributed by atoms with Gasteiger partial charge in [0.25, 0.3) is 0 Å². The molecule has 6 fully saturated rings. The zero-order valence-corrected chi connectivity index (χ0v) is 60.3. The maximum absolute atomic E-state index is 13.9. The van der Waals surface area contributed by atoms with Gasteiger partial charge in [-0.05, 0) is 130 Å². The van der Waals surface area contributed by atoms with Gasteiger partial charge in [-0.15, -0.1) is 0 Å². The number of hydrogen-bond donors (Lipinski definition) is 15. The number of amides is 2. The fraction of sp³-hybridized carbons (Fsp3) is 0.838. The SMILES string of the molecule is CC(CCC(=O)O)C1CCC2C3C(C[C@H](O)[C@]12C)[C@@]1(C)CC[C@@H](OC(=O)NC2CC(OCNCCCCC(C(=O)O)N(CCN(CC(=O)O)CC(=O)O)CCN(CC(=O)O)CC(=O)O)[C@H](OCNCCNC(=O)CN4CCN(CC(=O)O)CCN(CC(=O)O)CCN(CC(=O)O)CC4)C2)CC1C[C@H]3O. The van der Waals surface area contributed by atoms with E-state index in [1.165, 1.54) is 4.90 Å². The molecule has 0 aromatic carbocycles. The molecule has 0 spiro atoms. The van der Waals surface area contributed by atoms with Crippen molar-refractivity contribution in [1.82, 2.24) is 55.6 Å². The molecule has 0 radical (unpaired) electrons. The Kier molecular flexibility index (Phi) is 35.0. The standard InChI is InChI=1S/C68H115N11O25/c1-43(7-10-56(83)84)47-8-9-48-64-49(32-54(81)68(47,48)3)67(2)12-11-46(28-44(67)29-51(64)80)104-66(101)72-45-30-52(102-41-69-13-5-4-6-50(65(99)100)79(26-24-77(37-60(91)92)38-61(93)94)27-25-78(39-62(95)96)40-63(97)98)53(31-45)103-42-70-14-15-71-55(82)33-73-16-18-74(34-57(85)86)20-22-76(36-59(89)90)23-21-75(19-17-73)35-58(87)88/h43-54,64,69-70,80-81H,4-42H2,1-3H3,(H,71,82)(H,72,101)(H,83,84)(H,85,86)(H,87,88)(H,89,90)(H,91,92)(H,93,94)(H,95,96)(H,97,98)(H,99,100)/t43?,44?,45?,46-,47?,48?,49?,50?,51-,52?,53-,54+,64?,67+,68-/m1/s1. The van der Waals surface area contributed by atoms with E-state index in [4.69, 9.17) is 14.2 Å². The van der Waals surface area contributed by atoms with E-state index in [-0.39, 0.29) is 191 Å². The van der Waals surface area contributed by atoms with E-state index in [0.29, 0.717) is 64.3 Å². The van der Waals surface area contributed by atoms with Gasteiger partial charge in [0.05, 0.1) is 90.2 Å². The summed E-state index contributed by atoms with van der Waals surface area (Å²) in [6, 6.07) is -1.69. The summed E-state index contributed by atoms with van der Waals surface area (Å²) >= 11 is 0. The average molecular weight is 1490 g/mol. The van der Waals surface area contributed by atoms with Gasteiger partial charge >= 0.3 is 59.8 Å². The van der Waals surface area contributed by atoms with E-state index >= 15 is 0 Å². The van der Waals surface area contributed by atoms with Crippen LogP contribution in [0.1, 0.15) is 111 Å². The second kappa shape index (κ2) is 42.1. The molecule has 6 rings (SSSR count). The highest BCUT2D eigenvalue weighted by molar-refractivity contribution is 5.78. The molecule has 0 bridgehead atoms. The number of aliphatic hydroxyl groups excluding tert-OH is 2. The maximum Gasteiger partial charge on any atom is 0.407 e. The van der Waals surface area contributed by atoms with Crippen molar-refractivity contribution in [2.75, 3.05) is 164 Å². The van der Waals surface area contributed by atoms with Gasteiger partial charge in [-0.3, -0.25) is 92.9 Å². The lowest BCUT2D eigenvalue weighted by atomic mass is 9.43. The summed E-state index contributed by atoms with van der Waals surface area (Å²) in [6.07, 6.45) is 3.19. The number of aliphatic hydroxyl groups is 2. The molecule has 0 aromatic heterocycles. The minimum atomic E-state index is -1.32. The van der Waals surface area contributed by atoms with E-state index in [1.807, 2.05) is 0 Å². The highest BCUT2D eigenvalue weighted by atomic mass is 16.6. The van der Waals surface area contributed by atoms with Gasteiger partial charge in [-0.25, -0.2) is 4.79 Å². The Morgan fingerprint density at radius 1 is 0.529 bits per heavy atom. The predicted octanol–water partition coefficient (Wildman–Crippen LogP) is -1.33. The van der Waals surface area contributed by atoms with Gasteiger partial charge in [0.2, 0.25) is 5.91 Å². The first kappa shape index (κ1) is 86.4. The Morgan fingerprint density at radius 2 is 1.02 bits per heavy atom. The Balaban J connectivity index is 1.05. The highest BCUT2D eigenvalue weighted by Crippen LogP contribution is 2.68. The normalized spacial score (nSPS) is 28.6. The number of aliphatic carboxylic acids is 9. The number of hydrogen-bond acceptors (Lipinski definition) is 25. The van der Waals surface area contributed by atoms with Crippen molar-refractivity contribution in [3.8, 4) is 0 Å². The van der Waals surface area contributed by atoms with Crippen LogP contribution in [0.5, 0.6) is 0 Å².